The molecule has 0 fully saturated rings. The van der Waals surface area contributed by atoms with Crippen LogP contribution in [0.15, 0.2) is 60.9 Å². The molecule has 0 amide bonds. The zero-order chi connectivity index (χ0) is 25.9. The summed E-state index contributed by atoms with van der Waals surface area (Å²) in [5, 5.41) is 14.5. The second kappa shape index (κ2) is 13.7. The van der Waals surface area contributed by atoms with Gasteiger partial charge in [0.25, 0.3) is 0 Å². The molecule has 0 saturated carbocycles. The van der Waals surface area contributed by atoms with Crippen LogP contribution < -0.4 is 11.5 Å². The third-order valence-corrected chi connectivity index (χ3v) is 5.95. The Morgan fingerprint density at radius 1 is 0.694 bits per heavy atom. The number of nitrogens with one attached hydrogen (secondary N) is 2. The van der Waals surface area contributed by atoms with E-state index in [4.69, 9.17) is 11.5 Å². The summed E-state index contributed by atoms with van der Waals surface area (Å²) in [6, 6.07) is 16.9. The highest BCUT2D eigenvalue weighted by Crippen LogP contribution is 2.23. The fraction of sp³-hybridized carbons (Fsp3) is 0.357. The maximum absolute atomic E-state index is 5.56. The Kier molecular flexibility index (Phi) is 10.4. The highest BCUT2D eigenvalue weighted by molar-refractivity contribution is 5.64. The van der Waals surface area contributed by atoms with Crippen molar-refractivity contribution in [3.63, 3.8) is 0 Å². The number of aromatic amines is 2. The third kappa shape index (κ3) is 7.86. The van der Waals surface area contributed by atoms with E-state index in [0.29, 0.717) is 13.1 Å². The molecule has 36 heavy (non-hydrogen) atoms. The van der Waals surface area contributed by atoms with E-state index in [2.05, 4.69) is 107 Å². The van der Waals surface area contributed by atoms with Gasteiger partial charge in [0.2, 0.25) is 0 Å². The van der Waals surface area contributed by atoms with Gasteiger partial charge in [-0.15, -0.1) is 0 Å². The van der Waals surface area contributed by atoms with Gasteiger partial charge in [0.1, 0.15) is 0 Å². The summed E-state index contributed by atoms with van der Waals surface area (Å²) < 4.78 is 0. The second-order valence-electron chi connectivity index (χ2n) is 9.33. The summed E-state index contributed by atoms with van der Waals surface area (Å²) in [6.07, 6.45) is 3.79. The van der Waals surface area contributed by atoms with Gasteiger partial charge in [0.15, 0.2) is 0 Å². The standard InChI is InChI=1S/2C14H20N4/c2*1-11-4-3-5-12(8-11)14-13(9-16-17-14)10-18(2)7-6-15/h2*3-5,8-9H,6-7,10,15H2,1-2H3,(H,16,17). The Labute approximate surface area is 214 Å². The van der Waals surface area contributed by atoms with Crippen LogP contribution in [0.25, 0.3) is 22.5 Å². The zero-order valence-corrected chi connectivity index (χ0v) is 22.0. The largest absolute Gasteiger partial charge is 0.329 e. The van der Waals surface area contributed by atoms with Crippen LogP contribution in [0.2, 0.25) is 0 Å². The van der Waals surface area contributed by atoms with Crippen molar-refractivity contribution >= 4 is 0 Å². The predicted octanol–water partition coefficient (Wildman–Crippen LogP) is 3.55. The van der Waals surface area contributed by atoms with E-state index in [9.17, 15) is 0 Å². The molecule has 4 aromatic rings. The summed E-state index contributed by atoms with van der Waals surface area (Å²) >= 11 is 0. The Balaban J connectivity index is 0.000000201. The van der Waals surface area contributed by atoms with Crippen molar-refractivity contribution < 1.29 is 0 Å². The smallest absolute Gasteiger partial charge is 0.0695 e. The molecular weight excluding hydrogens is 448 g/mol. The van der Waals surface area contributed by atoms with Gasteiger partial charge < -0.3 is 21.3 Å². The Bertz CT molecular complexity index is 1100. The van der Waals surface area contributed by atoms with E-state index in [1.54, 1.807) is 0 Å². The number of aryl methyl sites for hydroxylation is 2. The molecule has 0 atom stereocenters. The van der Waals surface area contributed by atoms with Crippen molar-refractivity contribution in [2.24, 2.45) is 11.5 Å². The lowest BCUT2D eigenvalue weighted by Crippen LogP contribution is -2.25. The minimum atomic E-state index is 0.675. The molecular formula is C28H40N8. The van der Waals surface area contributed by atoms with Crippen LogP contribution in [0, 0.1) is 13.8 Å². The normalized spacial score (nSPS) is 11.1. The topological polar surface area (TPSA) is 116 Å². The minimum Gasteiger partial charge on any atom is -0.329 e. The number of aromatic nitrogens is 4. The van der Waals surface area contributed by atoms with E-state index in [1.807, 2.05) is 12.4 Å². The van der Waals surface area contributed by atoms with E-state index >= 15 is 0 Å². The van der Waals surface area contributed by atoms with Crippen LogP contribution in [-0.4, -0.2) is 70.5 Å². The van der Waals surface area contributed by atoms with Gasteiger partial charge >= 0.3 is 0 Å². The SMILES string of the molecule is Cc1cccc(-c2[nH]ncc2CN(C)CCN)c1.Cc1cccc(-c2[nH]ncc2CN(C)CCN)c1. The molecule has 0 radical (unpaired) electrons. The number of H-pyrrole nitrogens is 2. The molecule has 8 nitrogen and oxygen atoms in total. The Morgan fingerprint density at radius 3 is 1.47 bits per heavy atom. The summed E-state index contributed by atoms with van der Waals surface area (Å²) in [4.78, 5) is 4.40. The first-order valence-corrected chi connectivity index (χ1v) is 12.4. The average Bonchev–Trinajstić information content (AvgIpc) is 3.49. The molecule has 2 heterocycles. The number of nitrogens with two attached hydrogens (primary N) is 2. The molecule has 0 unspecified atom stereocenters. The number of nitrogens with zero attached hydrogens (tertiary/aromatic N) is 4. The van der Waals surface area contributed by atoms with Crippen molar-refractivity contribution in [3.05, 3.63) is 83.2 Å². The van der Waals surface area contributed by atoms with Crippen molar-refractivity contribution in [2.45, 2.75) is 26.9 Å². The Morgan fingerprint density at radius 2 is 1.11 bits per heavy atom. The first kappa shape index (κ1) is 27.3. The monoisotopic (exact) mass is 488 g/mol. The van der Waals surface area contributed by atoms with Gasteiger partial charge in [-0.25, -0.2) is 0 Å². The van der Waals surface area contributed by atoms with Crippen LogP contribution in [0.5, 0.6) is 0 Å². The first-order chi connectivity index (χ1) is 17.4. The van der Waals surface area contributed by atoms with E-state index in [0.717, 1.165) is 37.6 Å². The lowest BCUT2D eigenvalue weighted by molar-refractivity contribution is 0.337. The number of likely N-dealkylation sites (N-methyl/N-ethyl adjacent to an activating group) is 2. The molecule has 0 aliphatic heterocycles. The summed E-state index contributed by atoms with van der Waals surface area (Å²) in [5.41, 5.74) is 20.6. The summed E-state index contributed by atoms with van der Waals surface area (Å²) in [7, 11) is 4.14. The second-order valence-corrected chi connectivity index (χ2v) is 9.33. The van der Waals surface area contributed by atoms with Crippen LogP contribution in [0.3, 0.4) is 0 Å². The number of hydrogen-bond acceptors (Lipinski definition) is 6. The van der Waals surface area contributed by atoms with Crippen LogP contribution in [-0.2, 0) is 13.1 Å². The van der Waals surface area contributed by atoms with Gasteiger partial charge in [-0.1, -0.05) is 47.5 Å². The molecule has 0 aliphatic rings. The van der Waals surface area contributed by atoms with Crippen molar-refractivity contribution in [1.82, 2.24) is 30.2 Å². The van der Waals surface area contributed by atoms with Gasteiger partial charge in [-0.2, -0.15) is 10.2 Å². The fourth-order valence-electron chi connectivity index (χ4n) is 4.14. The number of benzene rings is 2. The van der Waals surface area contributed by atoms with Gasteiger partial charge in [0.05, 0.1) is 23.8 Å². The molecule has 0 spiro atoms. The third-order valence-electron chi connectivity index (χ3n) is 5.95. The van der Waals surface area contributed by atoms with Gasteiger partial charge in [0, 0.05) is 61.5 Å². The molecule has 192 valence electrons. The van der Waals surface area contributed by atoms with Crippen LogP contribution in [0.4, 0.5) is 0 Å². The van der Waals surface area contributed by atoms with Crippen molar-refractivity contribution in [3.8, 4) is 22.5 Å². The molecule has 6 N–H and O–H groups in total. The summed E-state index contributed by atoms with van der Waals surface area (Å²) in [5.74, 6) is 0. The maximum atomic E-state index is 5.56. The highest BCUT2D eigenvalue weighted by atomic mass is 15.1. The summed E-state index contributed by atoms with van der Waals surface area (Å²) in [6.45, 7) is 9.03. The fourth-order valence-corrected chi connectivity index (χ4v) is 4.14. The van der Waals surface area contributed by atoms with Gasteiger partial charge in [-0.3, -0.25) is 10.2 Å². The van der Waals surface area contributed by atoms with Crippen molar-refractivity contribution in [1.29, 1.82) is 0 Å². The lowest BCUT2D eigenvalue weighted by Gasteiger charge is -2.15. The maximum Gasteiger partial charge on any atom is 0.0695 e. The highest BCUT2D eigenvalue weighted by Gasteiger charge is 2.11. The van der Waals surface area contributed by atoms with E-state index in [-0.39, 0.29) is 0 Å². The predicted molar refractivity (Wildman–Crippen MR) is 148 cm³/mol. The molecule has 4 rings (SSSR count). The molecule has 2 aromatic heterocycles. The Hall–Kier alpha value is -3.30. The number of rotatable bonds is 10. The lowest BCUT2D eigenvalue weighted by atomic mass is 10.1. The van der Waals surface area contributed by atoms with E-state index in [1.165, 1.54) is 33.4 Å². The molecule has 8 heteroatoms. The average molecular weight is 489 g/mol. The first-order valence-electron chi connectivity index (χ1n) is 12.4. The van der Waals surface area contributed by atoms with Crippen LogP contribution >= 0.6 is 0 Å². The van der Waals surface area contributed by atoms with Crippen LogP contribution in [0.1, 0.15) is 22.3 Å². The number of hydrogen-bond donors (Lipinski definition) is 4. The molecule has 2 aromatic carbocycles. The quantitative estimate of drug-likeness (QED) is 0.271. The van der Waals surface area contributed by atoms with Gasteiger partial charge in [-0.05, 0) is 40.1 Å². The minimum absolute atomic E-state index is 0.675. The molecule has 0 aliphatic carbocycles. The van der Waals surface area contributed by atoms with Crippen molar-refractivity contribution in [2.75, 3.05) is 40.3 Å². The van der Waals surface area contributed by atoms with E-state index < -0.39 is 0 Å². The molecule has 0 saturated heterocycles. The zero-order valence-electron chi connectivity index (χ0n) is 22.0. The molecule has 0 bridgehead atoms.